The van der Waals surface area contributed by atoms with Crippen molar-refractivity contribution in [2.75, 3.05) is 37.2 Å². The Kier molecular flexibility index (Phi) is 6.62. The molecule has 0 bridgehead atoms. The SMILES string of the molecule is CN1CCC(NC(=O)CCCN(c2ccccc2)S(C)(=O)=O)CC1. The number of nitrogens with zero attached hydrogens (tertiary/aromatic N) is 2. The number of carbonyl (C=O) groups is 1. The first-order valence-electron chi connectivity index (χ1n) is 8.37. The molecule has 2 rings (SSSR count). The third-order valence-electron chi connectivity index (χ3n) is 4.29. The summed E-state index contributed by atoms with van der Waals surface area (Å²) in [5.74, 6) is 0.00562. The molecule has 1 aliphatic heterocycles. The van der Waals surface area contributed by atoms with Gasteiger partial charge in [-0.15, -0.1) is 0 Å². The number of hydrogen-bond acceptors (Lipinski definition) is 4. The van der Waals surface area contributed by atoms with Gasteiger partial charge in [0.1, 0.15) is 0 Å². The Hall–Kier alpha value is -1.60. The number of anilines is 1. The maximum Gasteiger partial charge on any atom is 0.232 e. The second-order valence-electron chi connectivity index (χ2n) is 6.42. The molecule has 24 heavy (non-hydrogen) atoms. The van der Waals surface area contributed by atoms with Gasteiger partial charge in [0.2, 0.25) is 15.9 Å². The van der Waals surface area contributed by atoms with Gasteiger partial charge in [0.15, 0.2) is 0 Å². The highest BCUT2D eigenvalue weighted by Gasteiger charge is 2.20. The Bertz CT molecular complexity index is 626. The first-order chi connectivity index (χ1) is 11.4. The Morgan fingerprint density at radius 1 is 1.25 bits per heavy atom. The van der Waals surface area contributed by atoms with E-state index in [1.807, 2.05) is 6.07 Å². The van der Waals surface area contributed by atoms with E-state index in [-0.39, 0.29) is 11.9 Å². The van der Waals surface area contributed by atoms with Crippen molar-refractivity contribution in [3.05, 3.63) is 30.3 Å². The second-order valence-corrected chi connectivity index (χ2v) is 8.33. The normalized spacial score (nSPS) is 16.8. The molecule has 0 aromatic heterocycles. The van der Waals surface area contributed by atoms with Gasteiger partial charge in [0.25, 0.3) is 0 Å². The molecule has 1 aromatic carbocycles. The molecule has 1 amide bonds. The quantitative estimate of drug-likeness (QED) is 0.805. The number of sulfonamides is 1. The fourth-order valence-corrected chi connectivity index (χ4v) is 3.88. The van der Waals surface area contributed by atoms with Gasteiger partial charge in [-0.05, 0) is 51.5 Å². The van der Waals surface area contributed by atoms with Gasteiger partial charge in [0, 0.05) is 19.0 Å². The first-order valence-corrected chi connectivity index (χ1v) is 10.2. The van der Waals surface area contributed by atoms with Gasteiger partial charge in [-0.1, -0.05) is 18.2 Å². The van der Waals surface area contributed by atoms with E-state index >= 15 is 0 Å². The number of nitrogens with one attached hydrogen (secondary N) is 1. The van der Waals surface area contributed by atoms with Crippen molar-refractivity contribution in [1.82, 2.24) is 10.2 Å². The summed E-state index contributed by atoms with van der Waals surface area (Å²) in [6.07, 6.45) is 3.98. The third-order valence-corrected chi connectivity index (χ3v) is 5.49. The zero-order valence-corrected chi connectivity index (χ0v) is 15.3. The number of benzene rings is 1. The summed E-state index contributed by atoms with van der Waals surface area (Å²) >= 11 is 0. The minimum atomic E-state index is -3.35. The van der Waals surface area contributed by atoms with Gasteiger partial charge in [-0.25, -0.2) is 8.42 Å². The molecule has 1 N–H and O–H groups in total. The van der Waals surface area contributed by atoms with Gasteiger partial charge in [-0.3, -0.25) is 9.10 Å². The zero-order valence-electron chi connectivity index (χ0n) is 14.4. The standard InChI is InChI=1S/C17H27N3O3S/c1-19-13-10-15(11-14-19)18-17(21)9-6-12-20(24(2,22)23)16-7-4-3-5-8-16/h3-5,7-8,15H,6,9-14H2,1-2H3,(H,18,21). The molecule has 134 valence electrons. The summed E-state index contributed by atoms with van der Waals surface area (Å²) in [6, 6.07) is 9.23. The topological polar surface area (TPSA) is 69.7 Å². The Labute approximate surface area is 144 Å². The maximum atomic E-state index is 12.1. The predicted octanol–water partition coefficient (Wildman–Crippen LogP) is 1.44. The predicted molar refractivity (Wildman–Crippen MR) is 96.5 cm³/mol. The lowest BCUT2D eigenvalue weighted by Crippen LogP contribution is -2.43. The average Bonchev–Trinajstić information content (AvgIpc) is 2.53. The molecule has 1 fully saturated rings. The lowest BCUT2D eigenvalue weighted by Gasteiger charge is -2.29. The number of rotatable bonds is 7. The van der Waals surface area contributed by atoms with Crippen LogP contribution in [0.3, 0.4) is 0 Å². The van der Waals surface area contributed by atoms with Crippen LogP contribution in [0.2, 0.25) is 0 Å². The molecule has 0 spiro atoms. The molecule has 1 saturated heterocycles. The van der Waals surface area contributed by atoms with Gasteiger partial charge in [-0.2, -0.15) is 0 Å². The number of amides is 1. The summed E-state index contributed by atoms with van der Waals surface area (Å²) in [5, 5.41) is 3.06. The smallest absolute Gasteiger partial charge is 0.232 e. The fourth-order valence-electron chi connectivity index (χ4n) is 2.92. The molecule has 1 heterocycles. The first kappa shape index (κ1) is 18.7. The van der Waals surface area contributed by atoms with Crippen LogP contribution in [0.1, 0.15) is 25.7 Å². The van der Waals surface area contributed by atoms with Crippen LogP contribution in [0.4, 0.5) is 5.69 Å². The maximum absolute atomic E-state index is 12.1. The van der Waals surface area contributed by atoms with Gasteiger partial charge in [0.05, 0.1) is 11.9 Å². The molecule has 0 atom stereocenters. The molecule has 0 radical (unpaired) electrons. The fraction of sp³-hybridized carbons (Fsp3) is 0.588. The van der Waals surface area contributed by atoms with Crippen LogP contribution in [-0.2, 0) is 14.8 Å². The van der Waals surface area contributed by atoms with Crippen molar-refractivity contribution >= 4 is 21.6 Å². The molecule has 0 unspecified atom stereocenters. The van der Waals surface area contributed by atoms with E-state index in [2.05, 4.69) is 17.3 Å². The van der Waals surface area contributed by atoms with Crippen LogP contribution < -0.4 is 9.62 Å². The van der Waals surface area contributed by atoms with E-state index in [0.717, 1.165) is 25.9 Å². The summed E-state index contributed by atoms with van der Waals surface area (Å²) in [6.45, 7) is 2.31. The van der Waals surface area contributed by atoms with E-state index in [9.17, 15) is 13.2 Å². The van der Waals surface area contributed by atoms with Crippen LogP contribution in [0.25, 0.3) is 0 Å². The highest BCUT2D eigenvalue weighted by molar-refractivity contribution is 7.92. The van der Waals surface area contributed by atoms with E-state index in [4.69, 9.17) is 0 Å². The largest absolute Gasteiger partial charge is 0.353 e. The highest BCUT2D eigenvalue weighted by Crippen LogP contribution is 2.17. The zero-order chi connectivity index (χ0) is 17.6. The van der Waals surface area contributed by atoms with Crippen LogP contribution in [0.5, 0.6) is 0 Å². The number of hydrogen-bond donors (Lipinski definition) is 1. The molecule has 1 aliphatic rings. The number of carbonyl (C=O) groups excluding carboxylic acids is 1. The van der Waals surface area contributed by atoms with Crippen molar-refractivity contribution in [2.24, 2.45) is 0 Å². The van der Waals surface area contributed by atoms with Gasteiger partial charge >= 0.3 is 0 Å². The molecular formula is C17H27N3O3S. The minimum absolute atomic E-state index is 0.00562. The monoisotopic (exact) mass is 353 g/mol. The summed E-state index contributed by atoms with van der Waals surface area (Å²) in [4.78, 5) is 14.3. The highest BCUT2D eigenvalue weighted by atomic mass is 32.2. The van der Waals surface area contributed by atoms with Crippen molar-refractivity contribution < 1.29 is 13.2 Å². The van der Waals surface area contributed by atoms with E-state index in [1.165, 1.54) is 10.6 Å². The summed E-state index contributed by atoms with van der Waals surface area (Å²) in [5.41, 5.74) is 0.635. The molecule has 7 heteroatoms. The van der Waals surface area contributed by atoms with Crippen molar-refractivity contribution in [3.8, 4) is 0 Å². The second kappa shape index (κ2) is 8.48. The third kappa shape index (κ3) is 5.79. The van der Waals surface area contributed by atoms with Gasteiger partial charge < -0.3 is 10.2 Å². The van der Waals surface area contributed by atoms with Crippen LogP contribution in [-0.4, -0.2) is 58.2 Å². The summed E-state index contributed by atoms with van der Waals surface area (Å²) < 4.78 is 25.3. The average molecular weight is 353 g/mol. The number of likely N-dealkylation sites (tertiary alicyclic amines) is 1. The number of piperidine rings is 1. The lowest BCUT2D eigenvalue weighted by atomic mass is 10.1. The molecule has 6 nitrogen and oxygen atoms in total. The van der Waals surface area contributed by atoms with E-state index in [1.54, 1.807) is 24.3 Å². The Morgan fingerprint density at radius 3 is 2.46 bits per heavy atom. The van der Waals surface area contributed by atoms with E-state index in [0.29, 0.717) is 25.1 Å². The van der Waals surface area contributed by atoms with Crippen molar-refractivity contribution in [2.45, 2.75) is 31.7 Å². The molecule has 1 aromatic rings. The minimum Gasteiger partial charge on any atom is -0.353 e. The summed E-state index contributed by atoms with van der Waals surface area (Å²) in [7, 11) is -1.27. The molecule has 0 aliphatic carbocycles. The van der Waals surface area contributed by atoms with E-state index < -0.39 is 10.0 Å². The van der Waals surface area contributed by atoms with Crippen molar-refractivity contribution in [3.63, 3.8) is 0 Å². The Balaban J connectivity index is 1.81. The van der Waals surface area contributed by atoms with Crippen LogP contribution in [0.15, 0.2) is 30.3 Å². The van der Waals surface area contributed by atoms with Crippen molar-refractivity contribution in [1.29, 1.82) is 0 Å². The van der Waals surface area contributed by atoms with Crippen LogP contribution >= 0.6 is 0 Å². The lowest BCUT2D eigenvalue weighted by molar-refractivity contribution is -0.122. The molecule has 0 saturated carbocycles. The number of para-hydroxylation sites is 1. The van der Waals surface area contributed by atoms with Crippen LogP contribution in [0, 0.1) is 0 Å². The Morgan fingerprint density at radius 2 is 1.88 bits per heavy atom. The molecular weight excluding hydrogens is 326 g/mol.